The number of carbonyl (C=O) groups excluding carboxylic acids is 1. The Labute approximate surface area is 92.8 Å². The van der Waals surface area contributed by atoms with Crippen LogP contribution in [0, 0.1) is 5.92 Å². The standard InChI is InChI=1S/C11H14N2OS/c1-8(2)10(14)4-3-9-7-13-5-6-15-11(13)12-9/h5-8H,3-4H2,1-2H3. The molecule has 4 heteroatoms. The number of hydrogen-bond acceptors (Lipinski definition) is 3. The van der Waals surface area contributed by atoms with Gasteiger partial charge in [-0.2, -0.15) is 0 Å². The van der Waals surface area contributed by atoms with Crippen LogP contribution in [0.15, 0.2) is 17.8 Å². The van der Waals surface area contributed by atoms with Crippen LogP contribution in [0.4, 0.5) is 0 Å². The van der Waals surface area contributed by atoms with E-state index in [0.29, 0.717) is 12.2 Å². The van der Waals surface area contributed by atoms with Crippen molar-refractivity contribution in [2.24, 2.45) is 5.92 Å². The molecule has 0 fully saturated rings. The second-order valence-electron chi connectivity index (χ2n) is 3.95. The smallest absolute Gasteiger partial charge is 0.193 e. The molecule has 0 aliphatic heterocycles. The van der Waals surface area contributed by atoms with E-state index in [1.165, 1.54) is 0 Å². The van der Waals surface area contributed by atoms with E-state index in [9.17, 15) is 4.79 Å². The zero-order valence-electron chi connectivity index (χ0n) is 8.93. The van der Waals surface area contributed by atoms with Crippen LogP contribution >= 0.6 is 11.3 Å². The Kier molecular flexibility index (Phi) is 2.86. The van der Waals surface area contributed by atoms with Crippen LogP contribution in [0.1, 0.15) is 26.0 Å². The van der Waals surface area contributed by atoms with Crippen molar-refractivity contribution >= 4 is 22.1 Å². The minimum Gasteiger partial charge on any atom is -0.299 e. The third kappa shape index (κ3) is 2.26. The molecule has 0 radical (unpaired) electrons. The molecule has 0 aromatic carbocycles. The van der Waals surface area contributed by atoms with Gasteiger partial charge in [0.05, 0.1) is 5.69 Å². The number of nitrogens with zero attached hydrogens (tertiary/aromatic N) is 2. The summed E-state index contributed by atoms with van der Waals surface area (Å²) < 4.78 is 2.00. The Bertz CT molecular complexity index is 441. The lowest BCUT2D eigenvalue weighted by atomic mass is 10.0. The van der Waals surface area contributed by atoms with Gasteiger partial charge in [-0.3, -0.25) is 9.20 Å². The number of ketones is 1. The van der Waals surface area contributed by atoms with Crippen molar-refractivity contribution in [2.75, 3.05) is 0 Å². The molecular weight excluding hydrogens is 208 g/mol. The average Bonchev–Trinajstić information content (AvgIpc) is 2.72. The van der Waals surface area contributed by atoms with E-state index in [1.807, 2.05) is 36.0 Å². The molecule has 80 valence electrons. The molecule has 0 aliphatic carbocycles. The Hall–Kier alpha value is -1.16. The predicted octanol–water partition coefficient (Wildman–Crippen LogP) is 2.55. The predicted molar refractivity (Wildman–Crippen MR) is 61.2 cm³/mol. The number of aryl methyl sites for hydroxylation is 1. The Balaban J connectivity index is 2.01. The minimum absolute atomic E-state index is 0.133. The number of aromatic nitrogens is 2. The van der Waals surface area contributed by atoms with Gasteiger partial charge in [-0.1, -0.05) is 13.8 Å². The van der Waals surface area contributed by atoms with E-state index in [0.717, 1.165) is 17.1 Å². The van der Waals surface area contributed by atoms with E-state index in [-0.39, 0.29) is 5.92 Å². The Morgan fingerprint density at radius 3 is 3.07 bits per heavy atom. The van der Waals surface area contributed by atoms with Gasteiger partial charge in [0.2, 0.25) is 0 Å². The highest BCUT2D eigenvalue weighted by atomic mass is 32.1. The third-order valence-corrected chi connectivity index (χ3v) is 3.19. The largest absolute Gasteiger partial charge is 0.299 e. The van der Waals surface area contributed by atoms with Gasteiger partial charge in [-0.05, 0) is 6.42 Å². The number of imidazole rings is 1. The summed E-state index contributed by atoms with van der Waals surface area (Å²) in [6.45, 7) is 3.88. The molecule has 2 rings (SSSR count). The van der Waals surface area contributed by atoms with Crippen molar-refractivity contribution in [3.63, 3.8) is 0 Å². The monoisotopic (exact) mass is 222 g/mol. The van der Waals surface area contributed by atoms with E-state index in [1.54, 1.807) is 11.3 Å². The van der Waals surface area contributed by atoms with Crippen molar-refractivity contribution in [3.8, 4) is 0 Å². The molecule has 0 saturated heterocycles. The van der Waals surface area contributed by atoms with Crippen molar-refractivity contribution in [1.29, 1.82) is 0 Å². The highest BCUT2D eigenvalue weighted by molar-refractivity contribution is 7.15. The van der Waals surface area contributed by atoms with Crippen molar-refractivity contribution < 1.29 is 4.79 Å². The number of rotatable bonds is 4. The topological polar surface area (TPSA) is 34.4 Å². The summed E-state index contributed by atoms with van der Waals surface area (Å²) in [6.07, 6.45) is 5.34. The first-order valence-electron chi connectivity index (χ1n) is 5.10. The molecule has 0 saturated carbocycles. The molecule has 0 aliphatic rings. The lowest BCUT2D eigenvalue weighted by molar-refractivity contribution is -0.121. The van der Waals surface area contributed by atoms with Crippen molar-refractivity contribution in [3.05, 3.63) is 23.5 Å². The SMILES string of the molecule is CC(C)C(=O)CCc1cn2ccsc2n1. The number of Topliss-reactive ketones (excluding diaryl/α,β-unsaturated/α-hetero) is 1. The number of thiazole rings is 1. The molecular formula is C11H14N2OS. The fraction of sp³-hybridized carbons (Fsp3) is 0.455. The van der Waals surface area contributed by atoms with E-state index >= 15 is 0 Å². The summed E-state index contributed by atoms with van der Waals surface area (Å²) in [7, 11) is 0. The molecule has 0 unspecified atom stereocenters. The van der Waals surface area contributed by atoms with Crippen LogP contribution in [-0.4, -0.2) is 15.2 Å². The lowest BCUT2D eigenvalue weighted by Crippen LogP contribution is -2.07. The highest BCUT2D eigenvalue weighted by Crippen LogP contribution is 2.13. The second kappa shape index (κ2) is 4.14. The van der Waals surface area contributed by atoms with E-state index in [4.69, 9.17) is 0 Å². The number of carbonyl (C=O) groups is 1. The molecule has 3 nitrogen and oxygen atoms in total. The summed E-state index contributed by atoms with van der Waals surface area (Å²) in [6, 6.07) is 0. The molecule has 0 bridgehead atoms. The third-order valence-electron chi connectivity index (χ3n) is 2.41. The van der Waals surface area contributed by atoms with E-state index in [2.05, 4.69) is 4.98 Å². The first-order chi connectivity index (χ1) is 7.16. The summed E-state index contributed by atoms with van der Waals surface area (Å²) in [5.74, 6) is 0.445. The minimum atomic E-state index is 0.133. The van der Waals surface area contributed by atoms with Gasteiger partial charge in [0, 0.05) is 30.1 Å². The highest BCUT2D eigenvalue weighted by Gasteiger charge is 2.09. The molecule has 15 heavy (non-hydrogen) atoms. The normalized spacial score (nSPS) is 11.4. The van der Waals surface area contributed by atoms with Crippen LogP contribution in [0.3, 0.4) is 0 Å². The van der Waals surface area contributed by atoms with Crippen molar-refractivity contribution in [1.82, 2.24) is 9.38 Å². The summed E-state index contributed by atoms with van der Waals surface area (Å²) in [5.41, 5.74) is 1.01. The number of hydrogen-bond donors (Lipinski definition) is 0. The molecule has 0 amide bonds. The first kappa shape index (κ1) is 10.4. The van der Waals surface area contributed by atoms with Crippen LogP contribution in [0.25, 0.3) is 4.96 Å². The molecule has 2 aromatic rings. The van der Waals surface area contributed by atoms with Gasteiger partial charge in [0.25, 0.3) is 0 Å². The lowest BCUT2D eigenvalue weighted by Gasteiger charge is -2.01. The quantitative estimate of drug-likeness (QED) is 0.796. The Morgan fingerprint density at radius 1 is 1.60 bits per heavy atom. The van der Waals surface area contributed by atoms with Gasteiger partial charge in [0.15, 0.2) is 4.96 Å². The average molecular weight is 222 g/mol. The Morgan fingerprint density at radius 2 is 2.40 bits per heavy atom. The van der Waals surface area contributed by atoms with Crippen molar-refractivity contribution in [2.45, 2.75) is 26.7 Å². The maximum atomic E-state index is 11.4. The maximum Gasteiger partial charge on any atom is 0.193 e. The molecule has 0 atom stereocenters. The molecule has 0 spiro atoms. The van der Waals surface area contributed by atoms with Crippen LogP contribution in [-0.2, 0) is 11.2 Å². The maximum absolute atomic E-state index is 11.4. The zero-order chi connectivity index (χ0) is 10.8. The van der Waals surface area contributed by atoms with Gasteiger partial charge >= 0.3 is 0 Å². The first-order valence-corrected chi connectivity index (χ1v) is 5.98. The summed E-state index contributed by atoms with van der Waals surface area (Å²) in [4.78, 5) is 16.9. The van der Waals surface area contributed by atoms with Gasteiger partial charge in [-0.25, -0.2) is 4.98 Å². The van der Waals surface area contributed by atoms with Crippen LogP contribution < -0.4 is 0 Å². The van der Waals surface area contributed by atoms with Gasteiger partial charge < -0.3 is 0 Å². The fourth-order valence-corrected chi connectivity index (χ4v) is 2.16. The van der Waals surface area contributed by atoms with Gasteiger partial charge in [-0.15, -0.1) is 11.3 Å². The summed E-state index contributed by atoms with van der Waals surface area (Å²) >= 11 is 1.62. The zero-order valence-corrected chi connectivity index (χ0v) is 9.75. The van der Waals surface area contributed by atoms with Gasteiger partial charge in [0.1, 0.15) is 5.78 Å². The number of fused-ring (bicyclic) bond motifs is 1. The molecule has 0 N–H and O–H groups in total. The molecule has 2 aromatic heterocycles. The second-order valence-corrected chi connectivity index (χ2v) is 4.82. The van der Waals surface area contributed by atoms with Crippen LogP contribution in [0.5, 0.6) is 0 Å². The summed E-state index contributed by atoms with van der Waals surface area (Å²) in [5, 5.41) is 2.01. The van der Waals surface area contributed by atoms with Crippen LogP contribution in [0.2, 0.25) is 0 Å². The van der Waals surface area contributed by atoms with E-state index < -0.39 is 0 Å². The fourth-order valence-electron chi connectivity index (χ4n) is 1.44. The molecule has 2 heterocycles.